The SMILES string of the molecule is CC(=O)Nc1cccc(C2C=Cc3ccc4ccccc4c3O2)c1. The molecular weight excluding hydrogens is 298 g/mol. The molecule has 0 saturated heterocycles. The molecular formula is C21H17NO2. The molecule has 1 amide bonds. The molecule has 1 unspecified atom stereocenters. The van der Waals surface area contributed by atoms with Crippen LogP contribution in [0.25, 0.3) is 16.8 Å². The molecule has 0 saturated carbocycles. The summed E-state index contributed by atoms with van der Waals surface area (Å²) in [4.78, 5) is 11.3. The second-order valence-electron chi connectivity index (χ2n) is 5.91. The number of rotatable bonds is 2. The maximum Gasteiger partial charge on any atom is 0.221 e. The van der Waals surface area contributed by atoms with Crippen LogP contribution in [0, 0.1) is 0 Å². The number of anilines is 1. The molecule has 0 bridgehead atoms. The summed E-state index contributed by atoms with van der Waals surface area (Å²) in [7, 11) is 0. The van der Waals surface area contributed by atoms with Crippen molar-refractivity contribution >= 4 is 28.4 Å². The van der Waals surface area contributed by atoms with Crippen molar-refractivity contribution in [3.05, 3.63) is 77.9 Å². The number of hydrogen-bond donors (Lipinski definition) is 1. The van der Waals surface area contributed by atoms with E-state index in [0.717, 1.165) is 33.3 Å². The normalized spacial score (nSPS) is 15.6. The van der Waals surface area contributed by atoms with Crippen molar-refractivity contribution in [2.45, 2.75) is 13.0 Å². The molecule has 1 aliphatic rings. The molecule has 118 valence electrons. The van der Waals surface area contributed by atoms with E-state index in [2.05, 4.69) is 35.7 Å². The highest BCUT2D eigenvalue weighted by atomic mass is 16.5. The van der Waals surface area contributed by atoms with E-state index in [-0.39, 0.29) is 12.0 Å². The largest absolute Gasteiger partial charge is 0.480 e. The Kier molecular flexibility index (Phi) is 3.54. The summed E-state index contributed by atoms with van der Waals surface area (Å²) in [5.41, 5.74) is 2.87. The van der Waals surface area contributed by atoms with Crippen molar-refractivity contribution in [1.29, 1.82) is 0 Å². The molecule has 3 heteroatoms. The lowest BCUT2D eigenvalue weighted by atomic mass is 10.00. The van der Waals surface area contributed by atoms with Gasteiger partial charge in [0.2, 0.25) is 5.91 Å². The van der Waals surface area contributed by atoms with E-state index < -0.39 is 0 Å². The molecule has 1 aliphatic heterocycles. The number of carbonyl (C=O) groups is 1. The van der Waals surface area contributed by atoms with Crippen LogP contribution in [-0.4, -0.2) is 5.91 Å². The van der Waals surface area contributed by atoms with Gasteiger partial charge in [0.1, 0.15) is 11.9 Å². The second-order valence-corrected chi connectivity index (χ2v) is 5.91. The number of ether oxygens (including phenoxy) is 1. The summed E-state index contributed by atoms with van der Waals surface area (Å²) in [6.07, 6.45) is 3.97. The third-order valence-electron chi connectivity index (χ3n) is 4.14. The fraction of sp³-hybridized carbons (Fsp3) is 0.0952. The summed E-state index contributed by atoms with van der Waals surface area (Å²) in [5.74, 6) is 0.828. The van der Waals surface area contributed by atoms with Gasteiger partial charge >= 0.3 is 0 Å². The van der Waals surface area contributed by atoms with Crippen molar-refractivity contribution in [2.24, 2.45) is 0 Å². The lowest BCUT2D eigenvalue weighted by Crippen LogP contribution is -2.11. The Morgan fingerprint density at radius 1 is 1.04 bits per heavy atom. The third-order valence-corrected chi connectivity index (χ3v) is 4.14. The predicted octanol–water partition coefficient (Wildman–Crippen LogP) is 4.95. The molecule has 3 aromatic rings. The van der Waals surface area contributed by atoms with Gasteiger partial charge in [-0.25, -0.2) is 0 Å². The molecule has 1 heterocycles. The Morgan fingerprint density at radius 2 is 1.92 bits per heavy atom. The lowest BCUT2D eigenvalue weighted by molar-refractivity contribution is -0.114. The molecule has 24 heavy (non-hydrogen) atoms. The Morgan fingerprint density at radius 3 is 2.79 bits per heavy atom. The number of benzene rings is 3. The summed E-state index contributed by atoms with van der Waals surface area (Å²) in [6, 6.07) is 20.2. The average molecular weight is 315 g/mol. The zero-order valence-corrected chi connectivity index (χ0v) is 13.3. The van der Waals surface area contributed by atoms with Gasteiger partial charge in [0.25, 0.3) is 0 Å². The molecule has 0 spiro atoms. The minimum Gasteiger partial charge on any atom is -0.480 e. The van der Waals surface area contributed by atoms with Crippen LogP contribution >= 0.6 is 0 Å². The van der Waals surface area contributed by atoms with Crippen molar-refractivity contribution in [3.8, 4) is 5.75 Å². The Hall–Kier alpha value is -3.07. The van der Waals surface area contributed by atoms with E-state index in [1.165, 1.54) is 6.92 Å². The number of carbonyl (C=O) groups excluding carboxylic acids is 1. The van der Waals surface area contributed by atoms with Gasteiger partial charge in [-0.15, -0.1) is 0 Å². The first-order chi connectivity index (χ1) is 11.7. The highest BCUT2D eigenvalue weighted by Crippen LogP contribution is 2.38. The minimum atomic E-state index is -0.169. The minimum absolute atomic E-state index is 0.0800. The van der Waals surface area contributed by atoms with Crippen LogP contribution in [-0.2, 0) is 4.79 Å². The van der Waals surface area contributed by atoms with Gasteiger partial charge in [-0.2, -0.15) is 0 Å². The maximum atomic E-state index is 11.3. The molecule has 0 radical (unpaired) electrons. The number of nitrogens with one attached hydrogen (secondary N) is 1. The summed E-state index contributed by atoms with van der Waals surface area (Å²) < 4.78 is 6.29. The van der Waals surface area contributed by atoms with E-state index in [4.69, 9.17) is 4.74 Å². The van der Waals surface area contributed by atoms with E-state index in [1.54, 1.807) is 0 Å². The van der Waals surface area contributed by atoms with Gasteiger partial charge < -0.3 is 10.1 Å². The predicted molar refractivity (Wildman–Crippen MR) is 97.1 cm³/mol. The van der Waals surface area contributed by atoms with Gasteiger partial charge in [-0.05, 0) is 29.2 Å². The number of hydrogen-bond acceptors (Lipinski definition) is 2. The molecule has 1 atom stereocenters. The highest BCUT2D eigenvalue weighted by molar-refractivity contribution is 5.92. The Labute approximate surface area is 140 Å². The van der Waals surface area contributed by atoms with Crippen molar-refractivity contribution in [3.63, 3.8) is 0 Å². The van der Waals surface area contributed by atoms with Crippen LogP contribution in [0.15, 0.2) is 66.7 Å². The van der Waals surface area contributed by atoms with E-state index >= 15 is 0 Å². The van der Waals surface area contributed by atoms with Gasteiger partial charge in [0, 0.05) is 23.6 Å². The van der Waals surface area contributed by atoms with Gasteiger partial charge in [0.05, 0.1) is 0 Å². The number of amides is 1. The summed E-state index contributed by atoms with van der Waals surface area (Å²) in [6.45, 7) is 1.51. The van der Waals surface area contributed by atoms with Crippen molar-refractivity contribution in [1.82, 2.24) is 0 Å². The first-order valence-electron chi connectivity index (χ1n) is 7.95. The Balaban J connectivity index is 1.72. The third kappa shape index (κ3) is 2.65. The smallest absolute Gasteiger partial charge is 0.221 e. The van der Waals surface area contributed by atoms with Crippen LogP contribution in [0.4, 0.5) is 5.69 Å². The van der Waals surface area contributed by atoms with E-state index in [9.17, 15) is 4.79 Å². The standard InChI is InChI=1S/C21H17NO2/c1-14(23)22-18-7-4-6-17(13-18)20-12-11-16-10-9-15-5-2-3-8-19(15)21(16)24-20/h2-13,20H,1H3,(H,22,23). The fourth-order valence-electron chi connectivity index (χ4n) is 3.06. The van der Waals surface area contributed by atoms with Crippen LogP contribution in [0.3, 0.4) is 0 Å². The molecule has 3 aromatic carbocycles. The zero-order chi connectivity index (χ0) is 16.5. The van der Waals surface area contributed by atoms with Crippen LogP contribution in [0.2, 0.25) is 0 Å². The van der Waals surface area contributed by atoms with Gasteiger partial charge in [-0.1, -0.05) is 54.6 Å². The average Bonchev–Trinajstić information content (AvgIpc) is 2.61. The van der Waals surface area contributed by atoms with E-state index in [1.807, 2.05) is 42.5 Å². The molecule has 1 N–H and O–H groups in total. The van der Waals surface area contributed by atoms with Crippen LogP contribution in [0.5, 0.6) is 5.75 Å². The van der Waals surface area contributed by atoms with E-state index in [0.29, 0.717) is 0 Å². The second kappa shape index (κ2) is 5.85. The maximum absolute atomic E-state index is 11.3. The molecule has 0 fully saturated rings. The topological polar surface area (TPSA) is 38.3 Å². The van der Waals surface area contributed by atoms with Crippen molar-refractivity contribution in [2.75, 3.05) is 5.32 Å². The first-order valence-corrected chi connectivity index (χ1v) is 7.95. The fourth-order valence-corrected chi connectivity index (χ4v) is 3.06. The summed E-state index contributed by atoms with van der Waals surface area (Å²) in [5, 5.41) is 5.09. The monoisotopic (exact) mass is 315 g/mol. The van der Waals surface area contributed by atoms with Gasteiger partial charge in [-0.3, -0.25) is 4.79 Å². The van der Waals surface area contributed by atoms with Crippen LogP contribution in [0.1, 0.15) is 24.2 Å². The van der Waals surface area contributed by atoms with Gasteiger partial charge in [0.15, 0.2) is 0 Å². The molecule has 0 aromatic heterocycles. The van der Waals surface area contributed by atoms with Crippen molar-refractivity contribution < 1.29 is 9.53 Å². The highest BCUT2D eigenvalue weighted by Gasteiger charge is 2.19. The molecule has 3 nitrogen and oxygen atoms in total. The lowest BCUT2D eigenvalue weighted by Gasteiger charge is -2.23. The molecule has 0 aliphatic carbocycles. The quantitative estimate of drug-likeness (QED) is 0.727. The summed E-state index contributed by atoms with van der Waals surface area (Å²) >= 11 is 0. The number of fused-ring (bicyclic) bond motifs is 3. The molecule has 4 rings (SSSR count). The zero-order valence-electron chi connectivity index (χ0n) is 13.3. The Bertz CT molecular complexity index is 959. The first kappa shape index (κ1) is 14.5. The van der Waals surface area contributed by atoms with Crippen LogP contribution < -0.4 is 10.1 Å².